The van der Waals surface area contributed by atoms with Gasteiger partial charge in [0.25, 0.3) is 0 Å². The minimum absolute atomic E-state index is 0.490. The summed E-state index contributed by atoms with van der Waals surface area (Å²) in [5.74, 6) is 0. The predicted octanol–water partition coefficient (Wildman–Crippen LogP) is 4.66. The molecule has 0 aromatic heterocycles. The van der Waals surface area contributed by atoms with Crippen molar-refractivity contribution in [2.45, 2.75) is 45.7 Å². The first-order valence-corrected chi connectivity index (χ1v) is 6.89. The van der Waals surface area contributed by atoms with Crippen LogP contribution in [-0.4, -0.2) is 6.04 Å². The predicted molar refractivity (Wildman–Crippen MR) is 74.7 cm³/mol. The zero-order chi connectivity index (χ0) is 12.5. The number of rotatable bonds is 3. The van der Waals surface area contributed by atoms with Gasteiger partial charge >= 0.3 is 0 Å². The highest BCUT2D eigenvalue weighted by molar-refractivity contribution is 6.34. The average molecular weight is 272 g/mol. The maximum atomic E-state index is 5.98. The minimum atomic E-state index is 0.490. The van der Waals surface area contributed by atoms with E-state index >= 15 is 0 Å². The molecule has 1 nitrogen and oxygen atoms in total. The van der Waals surface area contributed by atoms with Crippen LogP contribution >= 0.6 is 23.2 Å². The zero-order valence-electron chi connectivity index (χ0n) is 10.4. The van der Waals surface area contributed by atoms with Gasteiger partial charge in [-0.15, -0.1) is 0 Å². The Morgan fingerprint density at radius 2 is 1.88 bits per heavy atom. The third kappa shape index (κ3) is 3.87. The highest BCUT2D eigenvalue weighted by atomic mass is 35.5. The molecule has 94 valence electrons. The molecule has 1 aromatic rings. The van der Waals surface area contributed by atoms with Crippen LogP contribution in [0.4, 0.5) is 0 Å². The van der Waals surface area contributed by atoms with E-state index in [1.807, 2.05) is 12.1 Å². The number of halogens is 2. The smallest absolute Gasteiger partial charge is 0.0424 e. The summed E-state index contributed by atoms with van der Waals surface area (Å²) in [6.45, 7) is 5.52. The van der Waals surface area contributed by atoms with Gasteiger partial charge in [0.2, 0.25) is 0 Å². The lowest BCUT2D eigenvalue weighted by Crippen LogP contribution is -2.26. The van der Waals surface area contributed by atoms with Crippen LogP contribution in [0.3, 0.4) is 0 Å². The summed E-state index contributed by atoms with van der Waals surface area (Å²) in [6, 6.07) is 6.34. The van der Waals surface area contributed by atoms with Crippen LogP contribution in [0.25, 0.3) is 0 Å². The van der Waals surface area contributed by atoms with Crippen LogP contribution in [0.1, 0.15) is 38.7 Å². The number of hydrogen-bond donors (Lipinski definition) is 1. The molecule has 1 N–H and O–H groups in total. The Labute approximate surface area is 114 Å². The Bertz CT molecular complexity index is 381. The Kier molecular flexibility index (Phi) is 4.02. The van der Waals surface area contributed by atoms with Gasteiger partial charge in [-0.05, 0) is 48.4 Å². The van der Waals surface area contributed by atoms with Crippen molar-refractivity contribution in [1.29, 1.82) is 0 Å². The van der Waals surface area contributed by atoms with Crippen LogP contribution in [0.2, 0.25) is 10.0 Å². The number of nitrogens with one attached hydrogen (secondary N) is 1. The lowest BCUT2D eigenvalue weighted by molar-refractivity contribution is 0.364. The van der Waals surface area contributed by atoms with Gasteiger partial charge in [0.05, 0.1) is 0 Å². The van der Waals surface area contributed by atoms with Gasteiger partial charge in [0, 0.05) is 22.6 Å². The van der Waals surface area contributed by atoms with Gasteiger partial charge in [0.1, 0.15) is 0 Å². The SMILES string of the molecule is CC1(C)CCC(NCc2cc(Cl)cc(Cl)c2)C1. The van der Waals surface area contributed by atoms with Crippen molar-refractivity contribution in [3.05, 3.63) is 33.8 Å². The van der Waals surface area contributed by atoms with Gasteiger partial charge < -0.3 is 5.32 Å². The molecule has 0 radical (unpaired) electrons. The molecule has 0 spiro atoms. The largest absolute Gasteiger partial charge is 0.310 e. The maximum Gasteiger partial charge on any atom is 0.0424 e. The Morgan fingerprint density at radius 1 is 1.24 bits per heavy atom. The van der Waals surface area contributed by atoms with E-state index in [0.717, 1.165) is 12.1 Å². The summed E-state index contributed by atoms with van der Waals surface area (Å²) in [6.07, 6.45) is 3.82. The van der Waals surface area contributed by atoms with Gasteiger partial charge in [-0.3, -0.25) is 0 Å². The third-order valence-corrected chi connectivity index (χ3v) is 3.92. The van der Waals surface area contributed by atoms with E-state index in [1.54, 1.807) is 6.07 Å². The van der Waals surface area contributed by atoms with Gasteiger partial charge in [-0.2, -0.15) is 0 Å². The Hall–Kier alpha value is -0.240. The second-order valence-corrected chi connectivity index (χ2v) is 6.64. The van der Waals surface area contributed by atoms with Crippen molar-refractivity contribution in [1.82, 2.24) is 5.32 Å². The molecule has 1 aromatic carbocycles. The maximum absolute atomic E-state index is 5.98. The van der Waals surface area contributed by atoms with Crippen LogP contribution < -0.4 is 5.32 Å². The fourth-order valence-electron chi connectivity index (χ4n) is 2.59. The van der Waals surface area contributed by atoms with Crippen molar-refractivity contribution in [3.8, 4) is 0 Å². The summed E-state index contributed by atoms with van der Waals surface area (Å²) in [5.41, 5.74) is 1.65. The molecule has 1 saturated carbocycles. The second kappa shape index (κ2) is 5.17. The van der Waals surface area contributed by atoms with Gasteiger partial charge in [-0.25, -0.2) is 0 Å². The topological polar surface area (TPSA) is 12.0 Å². The first-order chi connectivity index (χ1) is 7.94. The lowest BCUT2D eigenvalue weighted by atomic mass is 9.92. The average Bonchev–Trinajstić information content (AvgIpc) is 2.54. The molecule has 1 aliphatic carbocycles. The van der Waals surface area contributed by atoms with Crippen molar-refractivity contribution in [2.24, 2.45) is 5.41 Å². The summed E-state index contributed by atoms with van der Waals surface area (Å²) in [4.78, 5) is 0. The molecule has 0 amide bonds. The molecule has 17 heavy (non-hydrogen) atoms. The van der Waals surface area contributed by atoms with Crippen molar-refractivity contribution >= 4 is 23.2 Å². The van der Waals surface area contributed by atoms with Crippen molar-refractivity contribution in [3.63, 3.8) is 0 Å². The van der Waals surface area contributed by atoms with Crippen LogP contribution in [0.5, 0.6) is 0 Å². The first-order valence-electron chi connectivity index (χ1n) is 6.13. The van der Waals surface area contributed by atoms with Crippen molar-refractivity contribution in [2.75, 3.05) is 0 Å². The highest BCUT2D eigenvalue weighted by Gasteiger charge is 2.30. The third-order valence-electron chi connectivity index (χ3n) is 3.49. The molecule has 3 heteroatoms. The molecular weight excluding hydrogens is 253 g/mol. The van der Waals surface area contributed by atoms with E-state index in [-0.39, 0.29) is 0 Å². The zero-order valence-corrected chi connectivity index (χ0v) is 11.9. The summed E-state index contributed by atoms with van der Waals surface area (Å²) in [5, 5.41) is 5.01. The van der Waals surface area contributed by atoms with E-state index in [1.165, 1.54) is 19.3 Å². The number of benzene rings is 1. The fourth-order valence-corrected chi connectivity index (χ4v) is 3.16. The van der Waals surface area contributed by atoms with Crippen molar-refractivity contribution < 1.29 is 0 Å². The molecule has 1 atom stereocenters. The van der Waals surface area contributed by atoms with E-state index in [9.17, 15) is 0 Å². The molecule has 1 fully saturated rings. The van der Waals surface area contributed by atoms with E-state index < -0.39 is 0 Å². The molecule has 2 rings (SSSR count). The van der Waals surface area contributed by atoms with Crippen LogP contribution in [0.15, 0.2) is 18.2 Å². The molecule has 0 saturated heterocycles. The van der Waals surface area contributed by atoms with Gasteiger partial charge in [-0.1, -0.05) is 37.0 Å². The molecule has 1 aliphatic rings. The standard InChI is InChI=1S/C14H19Cl2N/c1-14(2)4-3-13(8-14)17-9-10-5-11(15)7-12(16)6-10/h5-7,13,17H,3-4,8-9H2,1-2H3. The van der Waals surface area contributed by atoms with Crippen LogP contribution in [-0.2, 0) is 6.54 Å². The second-order valence-electron chi connectivity index (χ2n) is 5.76. The van der Waals surface area contributed by atoms with E-state index in [2.05, 4.69) is 19.2 Å². The monoisotopic (exact) mass is 271 g/mol. The quantitative estimate of drug-likeness (QED) is 0.843. The Morgan fingerprint density at radius 3 is 2.41 bits per heavy atom. The summed E-state index contributed by atoms with van der Waals surface area (Å²) < 4.78 is 0. The first kappa shape index (κ1) is 13.2. The molecule has 0 aliphatic heterocycles. The van der Waals surface area contributed by atoms with E-state index in [4.69, 9.17) is 23.2 Å². The lowest BCUT2D eigenvalue weighted by Gasteiger charge is -2.18. The Balaban J connectivity index is 1.90. The molecule has 0 bridgehead atoms. The normalized spacial score (nSPS) is 22.9. The minimum Gasteiger partial charge on any atom is -0.310 e. The van der Waals surface area contributed by atoms with Gasteiger partial charge in [0.15, 0.2) is 0 Å². The highest BCUT2D eigenvalue weighted by Crippen LogP contribution is 2.37. The fraction of sp³-hybridized carbons (Fsp3) is 0.571. The van der Waals surface area contributed by atoms with E-state index in [0.29, 0.717) is 21.5 Å². The van der Waals surface area contributed by atoms with Crippen LogP contribution in [0, 0.1) is 5.41 Å². The number of hydrogen-bond acceptors (Lipinski definition) is 1. The molecular formula is C14H19Cl2N. The summed E-state index contributed by atoms with van der Waals surface area (Å²) >= 11 is 12.0. The summed E-state index contributed by atoms with van der Waals surface area (Å²) in [7, 11) is 0. The molecule has 0 heterocycles. The molecule has 1 unspecified atom stereocenters.